The number of nitriles is 1. The highest BCUT2D eigenvalue weighted by Gasteiger charge is 2.19. The fourth-order valence-electron chi connectivity index (χ4n) is 1.89. The number of nitrogens with zero attached hydrogens (tertiary/aromatic N) is 1. The summed E-state index contributed by atoms with van der Waals surface area (Å²) in [5, 5.41) is 22.4. The van der Waals surface area contributed by atoms with E-state index in [-0.39, 0.29) is 0 Å². The molecule has 0 spiro atoms. The quantitative estimate of drug-likeness (QED) is 0.859. The minimum Gasteiger partial charge on any atom is -0.386 e. The Morgan fingerprint density at radius 1 is 1.00 bits per heavy atom. The molecule has 0 bridgehead atoms. The first-order chi connectivity index (χ1) is 9.31. The maximum absolute atomic E-state index is 10.2. The van der Waals surface area contributed by atoms with E-state index in [2.05, 4.69) is 11.4 Å². The van der Waals surface area contributed by atoms with Gasteiger partial charge >= 0.3 is 0 Å². The Morgan fingerprint density at radius 2 is 1.58 bits per heavy atom. The highest BCUT2D eigenvalue weighted by molar-refractivity contribution is 5.22. The molecule has 0 saturated heterocycles. The number of hydrogen-bond acceptors (Lipinski definition) is 3. The van der Waals surface area contributed by atoms with Crippen LogP contribution in [0.25, 0.3) is 0 Å². The third kappa shape index (κ3) is 3.65. The van der Waals surface area contributed by atoms with Crippen LogP contribution < -0.4 is 5.32 Å². The zero-order valence-corrected chi connectivity index (χ0v) is 10.5. The largest absolute Gasteiger partial charge is 0.386 e. The lowest BCUT2D eigenvalue weighted by Gasteiger charge is -2.18. The first-order valence-corrected chi connectivity index (χ1v) is 6.21. The molecule has 0 aromatic heterocycles. The second kappa shape index (κ2) is 6.69. The molecule has 0 aliphatic heterocycles. The minimum absolute atomic E-state index is 0.558. The lowest BCUT2D eigenvalue weighted by Crippen LogP contribution is -2.33. The zero-order chi connectivity index (χ0) is 13.5. The smallest absolute Gasteiger partial charge is 0.126 e. The van der Waals surface area contributed by atoms with Crippen molar-refractivity contribution in [3.63, 3.8) is 0 Å². The number of benzene rings is 2. The van der Waals surface area contributed by atoms with E-state index < -0.39 is 12.1 Å². The number of aliphatic hydroxyl groups excluding tert-OH is 1. The number of nitrogens with one attached hydrogen (secondary N) is 1. The molecule has 2 N–H and O–H groups in total. The highest BCUT2D eigenvalue weighted by atomic mass is 16.3. The van der Waals surface area contributed by atoms with E-state index in [1.807, 2.05) is 60.7 Å². The summed E-state index contributed by atoms with van der Waals surface area (Å²) < 4.78 is 0. The lowest BCUT2D eigenvalue weighted by atomic mass is 10.0. The molecule has 3 heteroatoms. The summed E-state index contributed by atoms with van der Waals surface area (Å²) in [4.78, 5) is 0. The normalized spacial score (nSPS) is 13.5. The summed E-state index contributed by atoms with van der Waals surface area (Å²) in [5.74, 6) is 0. The summed E-state index contributed by atoms with van der Waals surface area (Å²) in [6.07, 6.45) is -0.824. The highest BCUT2D eigenvalue weighted by Crippen LogP contribution is 2.16. The van der Waals surface area contributed by atoms with Gasteiger partial charge in [-0.05, 0) is 11.1 Å². The molecule has 0 saturated carbocycles. The molecule has 2 aromatic carbocycles. The average Bonchev–Trinajstić information content (AvgIpc) is 2.49. The Kier molecular flexibility index (Phi) is 4.68. The van der Waals surface area contributed by atoms with Gasteiger partial charge in [-0.3, -0.25) is 5.32 Å². The second-order valence-corrected chi connectivity index (χ2v) is 4.33. The van der Waals surface area contributed by atoms with E-state index >= 15 is 0 Å². The maximum atomic E-state index is 10.2. The van der Waals surface area contributed by atoms with Crippen LogP contribution in [-0.2, 0) is 6.54 Å². The van der Waals surface area contributed by atoms with Crippen molar-refractivity contribution < 1.29 is 5.11 Å². The van der Waals surface area contributed by atoms with Crippen LogP contribution in [-0.4, -0.2) is 11.1 Å². The maximum Gasteiger partial charge on any atom is 0.126 e. The zero-order valence-electron chi connectivity index (χ0n) is 10.5. The Bertz CT molecular complexity index is 534. The van der Waals surface area contributed by atoms with Gasteiger partial charge in [-0.15, -0.1) is 0 Å². The first kappa shape index (κ1) is 13.3. The Morgan fingerprint density at radius 3 is 2.16 bits per heavy atom. The summed E-state index contributed by atoms with van der Waals surface area (Å²) >= 11 is 0. The number of hydrogen-bond donors (Lipinski definition) is 2. The van der Waals surface area contributed by atoms with Crippen molar-refractivity contribution in [2.24, 2.45) is 0 Å². The molecular weight excluding hydrogens is 236 g/mol. The van der Waals surface area contributed by atoms with Gasteiger partial charge in [0.2, 0.25) is 0 Å². The molecule has 0 fully saturated rings. The van der Waals surface area contributed by atoms with Crippen molar-refractivity contribution in [1.29, 1.82) is 5.26 Å². The van der Waals surface area contributed by atoms with Crippen molar-refractivity contribution in [2.75, 3.05) is 0 Å². The molecule has 2 atom stereocenters. The van der Waals surface area contributed by atoms with Crippen LogP contribution in [0.2, 0.25) is 0 Å². The molecule has 2 rings (SSSR count). The third-order valence-corrected chi connectivity index (χ3v) is 2.96. The van der Waals surface area contributed by atoms with Gasteiger partial charge in [0.25, 0.3) is 0 Å². The van der Waals surface area contributed by atoms with Gasteiger partial charge in [0.1, 0.15) is 12.1 Å². The van der Waals surface area contributed by atoms with Gasteiger partial charge < -0.3 is 5.11 Å². The van der Waals surface area contributed by atoms with E-state index in [0.29, 0.717) is 6.54 Å². The van der Waals surface area contributed by atoms with Crippen molar-refractivity contribution in [3.05, 3.63) is 71.8 Å². The fourth-order valence-corrected chi connectivity index (χ4v) is 1.89. The van der Waals surface area contributed by atoms with E-state index in [0.717, 1.165) is 11.1 Å². The Labute approximate surface area is 113 Å². The topological polar surface area (TPSA) is 56.0 Å². The van der Waals surface area contributed by atoms with Crippen LogP contribution in [0.1, 0.15) is 17.2 Å². The van der Waals surface area contributed by atoms with Crippen LogP contribution in [0.4, 0.5) is 0 Å². The summed E-state index contributed by atoms with van der Waals surface area (Å²) in [5.41, 5.74) is 1.83. The minimum atomic E-state index is -0.824. The van der Waals surface area contributed by atoms with Crippen LogP contribution in [0.3, 0.4) is 0 Å². The SMILES string of the molecule is N#C[C@@H](NCc1ccccc1)[C@H](O)c1ccccc1. The molecule has 0 aliphatic carbocycles. The molecule has 3 nitrogen and oxygen atoms in total. The van der Waals surface area contributed by atoms with Crippen LogP contribution in [0.15, 0.2) is 60.7 Å². The molecule has 0 unspecified atom stereocenters. The van der Waals surface area contributed by atoms with Crippen LogP contribution >= 0.6 is 0 Å². The summed E-state index contributed by atoms with van der Waals surface area (Å²) in [6, 6.07) is 20.5. The van der Waals surface area contributed by atoms with Crippen LogP contribution in [0, 0.1) is 11.3 Å². The van der Waals surface area contributed by atoms with Gasteiger partial charge in [0.05, 0.1) is 6.07 Å². The van der Waals surface area contributed by atoms with Gasteiger partial charge in [0.15, 0.2) is 0 Å². The van der Waals surface area contributed by atoms with Crippen molar-refractivity contribution >= 4 is 0 Å². The van der Waals surface area contributed by atoms with Gasteiger partial charge in [-0.25, -0.2) is 0 Å². The second-order valence-electron chi connectivity index (χ2n) is 4.33. The van der Waals surface area contributed by atoms with Crippen molar-refractivity contribution in [1.82, 2.24) is 5.32 Å². The third-order valence-electron chi connectivity index (χ3n) is 2.96. The summed E-state index contributed by atoms with van der Waals surface area (Å²) in [6.45, 7) is 0.558. The van der Waals surface area contributed by atoms with E-state index in [9.17, 15) is 5.11 Å². The molecule has 0 amide bonds. The number of rotatable bonds is 5. The Balaban J connectivity index is 1.99. The molecule has 96 valence electrons. The predicted molar refractivity (Wildman–Crippen MR) is 74.1 cm³/mol. The van der Waals surface area contributed by atoms with Crippen molar-refractivity contribution in [2.45, 2.75) is 18.7 Å². The van der Waals surface area contributed by atoms with E-state index in [1.165, 1.54) is 0 Å². The van der Waals surface area contributed by atoms with Gasteiger partial charge in [-0.2, -0.15) is 5.26 Å². The molecular formula is C16H16N2O. The van der Waals surface area contributed by atoms with Gasteiger partial charge in [-0.1, -0.05) is 60.7 Å². The Hall–Kier alpha value is -2.15. The molecule has 19 heavy (non-hydrogen) atoms. The van der Waals surface area contributed by atoms with Crippen LogP contribution in [0.5, 0.6) is 0 Å². The molecule has 0 aliphatic rings. The predicted octanol–water partition coefficient (Wildman–Crippen LogP) is 2.40. The molecule has 0 heterocycles. The average molecular weight is 252 g/mol. The summed E-state index contributed by atoms with van der Waals surface area (Å²) in [7, 11) is 0. The fraction of sp³-hybridized carbons (Fsp3) is 0.188. The first-order valence-electron chi connectivity index (χ1n) is 6.21. The van der Waals surface area contributed by atoms with Crippen molar-refractivity contribution in [3.8, 4) is 6.07 Å². The molecule has 2 aromatic rings. The number of aliphatic hydroxyl groups is 1. The van der Waals surface area contributed by atoms with Gasteiger partial charge in [0, 0.05) is 6.54 Å². The van der Waals surface area contributed by atoms with E-state index in [4.69, 9.17) is 5.26 Å². The standard InChI is InChI=1S/C16H16N2O/c17-11-15(16(19)14-9-5-2-6-10-14)18-12-13-7-3-1-4-8-13/h1-10,15-16,18-19H,12H2/t15-,16-/m1/s1. The van der Waals surface area contributed by atoms with E-state index in [1.54, 1.807) is 0 Å². The monoisotopic (exact) mass is 252 g/mol. The lowest BCUT2D eigenvalue weighted by molar-refractivity contribution is 0.149. The molecule has 0 radical (unpaired) electrons.